The van der Waals surface area contributed by atoms with E-state index in [1.807, 2.05) is 31.2 Å². The fourth-order valence-electron chi connectivity index (χ4n) is 3.95. The molecule has 0 bridgehead atoms. The number of sulfonamides is 1. The second-order valence-corrected chi connectivity index (χ2v) is 11.8. The van der Waals surface area contributed by atoms with E-state index in [1.54, 1.807) is 51.2 Å². The minimum Gasteiger partial charge on any atom is -0.492 e. The van der Waals surface area contributed by atoms with Gasteiger partial charge >= 0.3 is 6.01 Å². The molecule has 0 radical (unpaired) electrons. The number of hydrogen-bond donors (Lipinski definition) is 2. The van der Waals surface area contributed by atoms with Crippen molar-refractivity contribution in [1.29, 1.82) is 0 Å². The maximum absolute atomic E-state index is 12.7. The Kier molecular flexibility index (Phi) is 8.31. The van der Waals surface area contributed by atoms with Gasteiger partial charge in [-0.1, -0.05) is 6.07 Å². The zero-order chi connectivity index (χ0) is 26.5. The van der Waals surface area contributed by atoms with Crippen LogP contribution in [0.3, 0.4) is 0 Å². The van der Waals surface area contributed by atoms with Crippen molar-refractivity contribution in [3.05, 3.63) is 60.3 Å². The molecule has 1 saturated heterocycles. The molecule has 10 heteroatoms. The summed E-state index contributed by atoms with van der Waals surface area (Å²) in [5.41, 5.74) is 0.783. The van der Waals surface area contributed by atoms with Gasteiger partial charge in [0.05, 0.1) is 4.90 Å². The third kappa shape index (κ3) is 7.88. The van der Waals surface area contributed by atoms with Crippen molar-refractivity contribution in [2.45, 2.75) is 51.0 Å². The highest BCUT2D eigenvalue weighted by Gasteiger charge is 2.22. The summed E-state index contributed by atoms with van der Waals surface area (Å²) in [6.07, 6.45) is 4.20. The molecule has 1 fully saturated rings. The van der Waals surface area contributed by atoms with Crippen LogP contribution < -0.4 is 19.5 Å². The van der Waals surface area contributed by atoms with Crippen molar-refractivity contribution in [3.63, 3.8) is 0 Å². The van der Waals surface area contributed by atoms with Crippen molar-refractivity contribution in [2.75, 3.05) is 31.6 Å². The average molecular weight is 530 g/mol. The summed E-state index contributed by atoms with van der Waals surface area (Å²) in [7, 11) is -3.67. The zero-order valence-corrected chi connectivity index (χ0v) is 22.6. The van der Waals surface area contributed by atoms with E-state index < -0.39 is 15.6 Å². The summed E-state index contributed by atoms with van der Waals surface area (Å²) < 4.78 is 39.8. The lowest BCUT2D eigenvalue weighted by atomic mass is 10.1. The minimum absolute atomic E-state index is 0. The van der Waals surface area contributed by atoms with Crippen LogP contribution in [0.25, 0.3) is 0 Å². The number of aryl methyl sites for hydroxylation is 1. The molecule has 0 amide bonds. The number of nitrogens with one attached hydrogen (secondary N) is 2. The van der Waals surface area contributed by atoms with Crippen molar-refractivity contribution >= 4 is 21.5 Å². The van der Waals surface area contributed by atoms with Crippen LogP contribution in [-0.4, -0.2) is 55.1 Å². The van der Waals surface area contributed by atoms with Crippen LogP contribution in [0.15, 0.2) is 59.6 Å². The molecular formula is C27H39N5O4S. The largest absolute Gasteiger partial charge is 0.492 e. The van der Waals surface area contributed by atoms with Gasteiger partial charge in [0.15, 0.2) is 0 Å². The van der Waals surface area contributed by atoms with Gasteiger partial charge in [-0.2, -0.15) is 4.98 Å². The second-order valence-electron chi connectivity index (χ2n) is 10.2. The summed E-state index contributed by atoms with van der Waals surface area (Å²) >= 11 is 0. The molecule has 2 aromatic carbocycles. The monoisotopic (exact) mass is 529 g/mol. The number of aromatic nitrogens is 2. The molecule has 1 aromatic heterocycles. The first-order chi connectivity index (χ1) is 17.6. The first kappa shape index (κ1) is 26.8. The van der Waals surface area contributed by atoms with E-state index in [0.717, 1.165) is 30.9 Å². The molecule has 3 aromatic rings. The van der Waals surface area contributed by atoms with Crippen molar-refractivity contribution in [3.8, 4) is 17.5 Å². The number of nitrogens with zero attached hydrogens (tertiary/aromatic N) is 3. The smallest absolute Gasteiger partial charge is 0.323 e. The van der Waals surface area contributed by atoms with E-state index in [9.17, 15) is 8.42 Å². The molecule has 0 spiro atoms. The fraction of sp³-hybridized carbons (Fsp3) is 0.407. The Morgan fingerprint density at radius 3 is 2.46 bits per heavy atom. The topological polar surface area (TPSA) is 106 Å². The van der Waals surface area contributed by atoms with Gasteiger partial charge in [0.25, 0.3) is 0 Å². The normalized spacial score (nSPS) is 14.5. The zero-order valence-electron chi connectivity index (χ0n) is 21.8. The molecule has 2 heterocycles. The summed E-state index contributed by atoms with van der Waals surface area (Å²) in [5, 5.41) is 3.18. The van der Waals surface area contributed by atoms with Crippen molar-refractivity contribution < 1.29 is 20.7 Å². The highest BCUT2D eigenvalue weighted by Crippen LogP contribution is 2.26. The lowest BCUT2D eigenvalue weighted by molar-refractivity contribution is 0.237. The molecule has 0 saturated carbocycles. The maximum atomic E-state index is 12.7. The SMILES string of the molecule is Cc1cnc(Oc2ccc(OCCN3CCCC3)cc2)nc1Nc1cccc(S(=O)(=O)NC(C)(C)C)c1.[HH].[HH]. The van der Waals surface area contributed by atoms with E-state index in [-0.39, 0.29) is 13.8 Å². The van der Waals surface area contributed by atoms with E-state index >= 15 is 0 Å². The summed E-state index contributed by atoms with van der Waals surface area (Å²) in [6.45, 7) is 11.2. The molecule has 9 nitrogen and oxygen atoms in total. The van der Waals surface area contributed by atoms with Gasteiger partial charge in [-0.25, -0.2) is 18.1 Å². The van der Waals surface area contributed by atoms with Crippen molar-refractivity contribution in [2.24, 2.45) is 0 Å². The number of benzene rings is 2. The Hall–Kier alpha value is -3.21. The quantitative estimate of drug-likeness (QED) is 0.361. The van der Waals surface area contributed by atoms with Crippen LogP contribution in [0.2, 0.25) is 0 Å². The molecule has 4 rings (SSSR count). The van der Waals surface area contributed by atoms with Crippen LogP contribution in [0, 0.1) is 6.92 Å². The van der Waals surface area contributed by atoms with E-state index in [1.165, 1.54) is 12.8 Å². The molecule has 1 aliphatic rings. The van der Waals surface area contributed by atoms with Crippen LogP contribution >= 0.6 is 0 Å². The van der Waals surface area contributed by atoms with Crippen LogP contribution in [0.4, 0.5) is 11.5 Å². The van der Waals surface area contributed by atoms with Gasteiger partial charge in [-0.15, -0.1) is 0 Å². The molecule has 0 aliphatic carbocycles. The van der Waals surface area contributed by atoms with E-state index in [2.05, 4.69) is 24.9 Å². The summed E-state index contributed by atoms with van der Waals surface area (Å²) in [4.78, 5) is 11.3. The van der Waals surface area contributed by atoms with E-state index in [0.29, 0.717) is 23.9 Å². The predicted molar refractivity (Wildman–Crippen MR) is 148 cm³/mol. The average Bonchev–Trinajstić information content (AvgIpc) is 3.35. The Morgan fingerprint density at radius 1 is 1.05 bits per heavy atom. The van der Waals surface area contributed by atoms with Gasteiger partial charge in [0.2, 0.25) is 10.0 Å². The minimum atomic E-state index is -3.67. The molecule has 2 N–H and O–H groups in total. The predicted octanol–water partition coefficient (Wildman–Crippen LogP) is 5.36. The molecule has 0 atom stereocenters. The highest BCUT2D eigenvalue weighted by molar-refractivity contribution is 7.89. The molecule has 202 valence electrons. The lowest BCUT2D eigenvalue weighted by Gasteiger charge is -2.20. The Bertz CT molecular complexity index is 1310. The lowest BCUT2D eigenvalue weighted by Crippen LogP contribution is -2.40. The number of anilines is 2. The molecular weight excluding hydrogens is 490 g/mol. The van der Waals surface area contributed by atoms with Gasteiger partial charge in [0.1, 0.15) is 23.9 Å². The third-order valence-electron chi connectivity index (χ3n) is 5.71. The van der Waals surface area contributed by atoms with Crippen LogP contribution in [0.1, 0.15) is 42.0 Å². The number of likely N-dealkylation sites (tertiary alicyclic amines) is 1. The van der Waals surface area contributed by atoms with Gasteiger partial charge in [-0.3, -0.25) is 4.90 Å². The van der Waals surface area contributed by atoms with Crippen molar-refractivity contribution in [1.82, 2.24) is 19.6 Å². The highest BCUT2D eigenvalue weighted by atomic mass is 32.2. The van der Waals surface area contributed by atoms with E-state index in [4.69, 9.17) is 9.47 Å². The first-order valence-corrected chi connectivity index (χ1v) is 13.9. The number of hydrogen-bond acceptors (Lipinski definition) is 8. The number of ether oxygens (including phenoxy) is 2. The maximum Gasteiger partial charge on any atom is 0.323 e. The van der Waals surface area contributed by atoms with Gasteiger partial charge in [0, 0.05) is 32.4 Å². The van der Waals surface area contributed by atoms with Crippen LogP contribution in [0.5, 0.6) is 17.5 Å². The molecule has 37 heavy (non-hydrogen) atoms. The van der Waals surface area contributed by atoms with Gasteiger partial charge in [-0.05, 0) is 96.1 Å². The Balaban J connectivity index is 0.00000267. The second kappa shape index (κ2) is 11.5. The fourth-order valence-corrected chi connectivity index (χ4v) is 5.41. The summed E-state index contributed by atoms with van der Waals surface area (Å²) in [5.74, 6) is 1.89. The molecule has 0 unspecified atom stereocenters. The Morgan fingerprint density at radius 2 is 1.76 bits per heavy atom. The summed E-state index contributed by atoms with van der Waals surface area (Å²) in [6, 6.07) is 14.1. The first-order valence-electron chi connectivity index (χ1n) is 12.5. The third-order valence-corrected chi connectivity index (χ3v) is 7.46. The van der Waals surface area contributed by atoms with Gasteiger partial charge < -0.3 is 14.8 Å². The van der Waals surface area contributed by atoms with Crippen LogP contribution in [-0.2, 0) is 10.0 Å². The molecule has 1 aliphatic heterocycles. The number of rotatable bonds is 10. The standard InChI is InChI=1S/C27H35N5O4S.2H2/c1-20-19-28-26(36-23-12-10-22(11-13-23)35-17-16-32-14-5-6-15-32)30-25(20)29-21-8-7-9-24(18-21)37(33,34)31-27(2,3)4;;/h7-13,18-19,31H,5-6,14-17H2,1-4H3,(H,28,29,30);2*1H. The Labute approximate surface area is 222 Å².